The summed E-state index contributed by atoms with van der Waals surface area (Å²) in [6.45, 7) is 3.98. The molecule has 0 radical (unpaired) electrons. The fourth-order valence-corrected chi connectivity index (χ4v) is 1.27. The summed E-state index contributed by atoms with van der Waals surface area (Å²) in [6, 6.07) is 6.96. The number of hydrogen-bond acceptors (Lipinski definition) is 3. The highest BCUT2D eigenvalue weighted by Crippen LogP contribution is 2.18. The van der Waals surface area contributed by atoms with Crippen molar-refractivity contribution in [2.75, 3.05) is 13.7 Å². The van der Waals surface area contributed by atoms with E-state index < -0.39 is 0 Å². The topological polar surface area (TPSA) is 47.9 Å². The average molecular weight is 221 g/mol. The van der Waals surface area contributed by atoms with Crippen molar-refractivity contribution in [1.82, 2.24) is 0 Å². The van der Waals surface area contributed by atoms with Gasteiger partial charge in [0.1, 0.15) is 5.75 Å². The minimum Gasteiger partial charge on any atom is -0.496 e. The van der Waals surface area contributed by atoms with Crippen LogP contribution in [0.3, 0.4) is 0 Å². The standard InChI is InChI=1S/C12H15NO3/c1-4-16-9(2)13-12(14)10-7-5-6-8-11(10)15-3/h5-8H,4H2,1-3H3/b13-9+. The lowest BCUT2D eigenvalue weighted by molar-refractivity contribution is 0.0996. The van der Waals surface area contributed by atoms with Crippen LogP contribution in [0.1, 0.15) is 24.2 Å². The van der Waals surface area contributed by atoms with Gasteiger partial charge < -0.3 is 9.47 Å². The molecule has 4 heteroatoms. The lowest BCUT2D eigenvalue weighted by atomic mass is 10.2. The van der Waals surface area contributed by atoms with E-state index in [1.165, 1.54) is 7.11 Å². The first-order chi connectivity index (χ1) is 7.69. The third-order valence-corrected chi connectivity index (χ3v) is 1.95. The molecule has 0 aliphatic heterocycles. The average Bonchev–Trinajstić information content (AvgIpc) is 2.29. The summed E-state index contributed by atoms with van der Waals surface area (Å²) in [4.78, 5) is 15.6. The van der Waals surface area contributed by atoms with Gasteiger partial charge >= 0.3 is 0 Å². The van der Waals surface area contributed by atoms with E-state index in [1.54, 1.807) is 31.2 Å². The monoisotopic (exact) mass is 221 g/mol. The van der Waals surface area contributed by atoms with E-state index in [0.717, 1.165) is 0 Å². The Balaban J connectivity index is 2.92. The molecule has 4 nitrogen and oxygen atoms in total. The van der Waals surface area contributed by atoms with Gasteiger partial charge in [0.2, 0.25) is 0 Å². The van der Waals surface area contributed by atoms with Gasteiger partial charge in [-0.1, -0.05) is 12.1 Å². The Kier molecular flexibility index (Phi) is 4.51. The SMILES string of the molecule is CCO/C(C)=N/C(=O)c1ccccc1OC. The van der Waals surface area contributed by atoms with E-state index in [9.17, 15) is 4.79 Å². The Labute approximate surface area is 94.9 Å². The number of para-hydroxylation sites is 1. The molecule has 1 rings (SSSR count). The smallest absolute Gasteiger partial charge is 0.283 e. The van der Waals surface area contributed by atoms with Gasteiger partial charge in [0.25, 0.3) is 5.91 Å². The van der Waals surface area contributed by atoms with Gasteiger partial charge in [-0.15, -0.1) is 0 Å². The molecule has 0 unspecified atom stereocenters. The summed E-state index contributed by atoms with van der Waals surface area (Å²) in [5.41, 5.74) is 0.434. The molecule has 0 heterocycles. The number of carbonyl (C=O) groups excluding carboxylic acids is 1. The number of rotatable bonds is 3. The fourth-order valence-electron chi connectivity index (χ4n) is 1.27. The zero-order valence-electron chi connectivity index (χ0n) is 9.69. The van der Waals surface area contributed by atoms with Crippen LogP contribution in [-0.2, 0) is 4.74 Å². The Morgan fingerprint density at radius 3 is 2.69 bits per heavy atom. The van der Waals surface area contributed by atoms with Crippen LogP contribution in [0.4, 0.5) is 0 Å². The number of aliphatic imine (C=N–C) groups is 1. The number of benzene rings is 1. The van der Waals surface area contributed by atoms with Gasteiger partial charge in [-0.05, 0) is 19.1 Å². The predicted molar refractivity (Wildman–Crippen MR) is 62.1 cm³/mol. The van der Waals surface area contributed by atoms with Crippen LogP contribution in [0.5, 0.6) is 5.75 Å². The van der Waals surface area contributed by atoms with Gasteiger partial charge in [-0.2, -0.15) is 4.99 Å². The zero-order valence-corrected chi connectivity index (χ0v) is 9.69. The van der Waals surface area contributed by atoms with Gasteiger partial charge in [0.05, 0.1) is 19.3 Å². The van der Waals surface area contributed by atoms with Gasteiger partial charge in [0.15, 0.2) is 5.90 Å². The van der Waals surface area contributed by atoms with E-state index in [0.29, 0.717) is 23.8 Å². The van der Waals surface area contributed by atoms with Gasteiger partial charge in [-0.3, -0.25) is 4.79 Å². The van der Waals surface area contributed by atoms with Crippen molar-refractivity contribution in [3.8, 4) is 5.75 Å². The van der Waals surface area contributed by atoms with Crippen LogP contribution in [0.15, 0.2) is 29.3 Å². The highest BCUT2D eigenvalue weighted by atomic mass is 16.5. The molecule has 86 valence electrons. The number of carbonyl (C=O) groups is 1. The first-order valence-corrected chi connectivity index (χ1v) is 5.04. The molecular weight excluding hydrogens is 206 g/mol. The quantitative estimate of drug-likeness (QED) is 0.581. The van der Waals surface area contributed by atoms with E-state index in [-0.39, 0.29) is 5.91 Å². The maximum atomic E-state index is 11.8. The van der Waals surface area contributed by atoms with E-state index in [4.69, 9.17) is 9.47 Å². The van der Waals surface area contributed by atoms with E-state index in [1.807, 2.05) is 6.92 Å². The van der Waals surface area contributed by atoms with Crippen molar-refractivity contribution >= 4 is 11.8 Å². The number of ether oxygens (including phenoxy) is 2. The summed E-state index contributed by atoms with van der Waals surface area (Å²) in [5.74, 6) is 0.516. The van der Waals surface area contributed by atoms with Gasteiger partial charge in [0, 0.05) is 6.92 Å². The van der Waals surface area contributed by atoms with Crippen LogP contribution >= 0.6 is 0 Å². The molecule has 0 atom stereocenters. The minimum atomic E-state index is -0.358. The summed E-state index contributed by atoms with van der Waals surface area (Å²) < 4.78 is 10.2. The van der Waals surface area contributed by atoms with Crippen molar-refractivity contribution < 1.29 is 14.3 Å². The molecule has 0 aliphatic rings. The minimum absolute atomic E-state index is 0.358. The molecule has 0 bridgehead atoms. The summed E-state index contributed by atoms with van der Waals surface area (Å²) in [6.07, 6.45) is 0. The van der Waals surface area contributed by atoms with Crippen LogP contribution in [-0.4, -0.2) is 25.5 Å². The molecule has 1 aromatic rings. The molecule has 0 N–H and O–H groups in total. The third-order valence-electron chi connectivity index (χ3n) is 1.95. The highest BCUT2D eigenvalue weighted by Gasteiger charge is 2.10. The Morgan fingerprint density at radius 2 is 2.06 bits per heavy atom. The molecule has 0 aromatic heterocycles. The van der Waals surface area contributed by atoms with Crippen LogP contribution in [0.2, 0.25) is 0 Å². The molecular formula is C12H15NO3. The van der Waals surface area contributed by atoms with Crippen molar-refractivity contribution in [3.05, 3.63) is 29.8 Å². The third kappa shape index (κ3) is 3.08. The maximum Gasteiger partial charge on any atom is 0.283 e. The predicted octanol–water partition coefficient (Wildman–Crippen LogP) is 2.29. The Bertz CT molecular complexity index is 399. The Morgan fingerprint density at radius 1 is 1.38 bits per heavy atom. The van der Waals surface area contributed by atoms with Crippen LogP contribution in [0, 0.1) is 0 Å². The summed E-state index contributed by atoms with van der Waals surface area (Å²) in [7, 11) is 1.52. The summed E-state index contributed by atoms with van der Waals surface area (Å²) in [5, 5.41) is 0. The maximum absolute atomic E-state index is 11.8. The van der Waals surface area contributed by atoms with Crippen molar-refractivity contribution in [1.29, 1.82) is 0 Å². The Hall–Kier alpha value is -1.84. The second kappa shape index (κ2) is 5.90. The van der Waals surface area contributed by atoms with Crippen molar-refractivity contribution in [2.24, 2.45) is 4.99 Å². The van der Waals surface area contributed by atoms with E-state index in [2.05, 4.69) is 4.99 Å². The lowest BCUT2D eigenvalue weighted by Gasteiger charge is -2.05. The number of amides is 1. The number of methoxy groups -OCH3 is 1. The number of nitrogens with zero attached hydrogens (tertiary/aromatic N) is 1. The molecule has 16 heavy (non-hydrogen) atoms. The first-order valence-electron chi connectivity index (χ1n) is 5.04. The second-order valence-electron chi connectivity index (χ2n) is 3.07. The molecule has 0 spiro atoms. The van der Waals surface area contributed by atoms with Gasteiger partial charge in [-0.25, -0.2) is 0 Å². The zero-order chi connectivity index (χ0) is 12.0. The second-order valence-corrected chi connectivity index (χ2v) is 3.07. The van der Waals surface area contributed by atoms with E-state index >= 15 is 0 Å². The molecule has 0 saturated heterocycles. The largest absolute Gasteiger partial charge is 0.496 e. The molecule has 0 aliphatic carbocycles. The lowest BCUT2D eigenvalue weighted by Crippen LogP contribution is -2.05. The molecule has 1 aromatic carbocycles. The van der Waals surface area contributed by atoms with Crippen LogP contribution in [0.25, 0.3) is 0 Å². The molecule has 0 saturated carbocycles. The first kappa shape index (κ1) is 12.2. The molecule has 0 fully saturated rings. The highest BCUT2D eigenvalue weighted by molar-refractivity contribution is 6.03. The summed E-state index contributed by atoms with van der Waals surface area (Å²) >= 11 is 0. The molecule has 1 amide bonds. The van der Waals surface area contributed by atoms with Crippen molar-refractivity contribution in [3.63, 3.8) is 0 Å². The van der Waals surface area contributed by atoms with Crippen LogP contribution < -0.4 is 4.74 Å². The van der Waals surface area contributed by atoms with Crippen molar-refractivity contribution in [2.45, 2.75) is 13.8 Å². The number of hydrogen-bond donors (Lipinski definition) is 0. The normalized spacial score (nSPS) is 11.1. The fraction of sp³-hybridized carbons (Fsp3) is 0.333.